The summed E-state index contributed by atoms with van der Waals surface area (Å²) >= 11 is 0. The van der Waals surface area contributed by atoms with Crippen molar-refractivity contribution in [1.82, 2.24) is 0 Å². The molecule has 1 atom stereocenters. The first kappa shape index (κ1) is 13.9. The van der Waals surface area contributed by atoms with Gasteiger partial charge in [0, 0.05) is 5.92 Å². The van der Waals surface area contributed by atoms with Crippen LogP contribution in [0.5, 0.6) is 0 Å². The van der Waals surface area contributed by atoms with E-state index in [1.165, 1.54) is 16.7 Å². The van der Waals surface area contributed by atoms with E-state index in [4.69, 9.17) is 0 Å². The van der Waals surface area contributed by atoms with Gasteiger partial charge < -0.3 is 0 Å². The minimum Gasteiger partial charge on any atom is -0.0772 e. The van der Waals surface area contributed by atoms with Crippen LogP contribution in [0.2, 0.25) is 0 Å². The predicted molar refractivity (Wildman–Crippen MR) is 90.4 cm³/mol. The topological polar surface area (TPSA) is 0 Å². The van der Waals surface area contributed by atoms with Gasteiger partial charge in [-0.15, -0.1) is 0 Å². The van der Waals surface area contributed by atoms with Crippen molar-refractivity contribution < 1.29 is 0 Å². The second-order valence-electron chi connectivity index (χ2n) is 5.71. The predicted octanol–water partition coefficient (Wildman–Crippen LogP) is 5.68. The van der Waals surface area contributed by atoms with Gasteiger partial charge in [-0.25, -0.2) is 0 Å². The maximum atomic E-state index is 2.42. The third-order valence-corrected chi connectivity index (χ3v) is 4.31. The lowest BCUT2D eigenvalue weighted by molar-refractivity contribution is 0.771. The lowest BCUT2D eigenvalue weighted by atomic mass is 9.85. The molecule has 1 aliphatic carbocycles. The standard InChI is InChI=1S/C21H22/c1-2-17-13-14-20(15-17)21(19-11-7-4-8-12-19)16-18-9-5-3-6-10-18/h3-13,15,21H,2,14,16H2,1H3. The minimum atomic E-state index is 0.494. The molecule has 0 saturated heterocycles. The molecule has 0 heteroatoms. The first-order valence-corrected chi connectivity index (χ1v) is 7.85. The van der Waals surface area contributed by atoms with E-state index in [-0.39, 0.29) is 0 Å². The highest BCUT2D eigenvalue weighted by molar-refractivity contribution is 5.41. The summed E-state index contributed by atoms with van der Waals surface area (Å²) < 4.78 is 0. The van der Waals surface area contributed by atoms with Crippen molar-refractivity contribution in [3.63, 3.8) is 0 Å². The van der Waals surface area contributed by atoms with Gasteiger partial charge in [-0.05, 0) is 30.4 Å². The van der Waals surface area contributed by atoms with Gasteiger partial charge in [-0.1, -0.05) is 90.9 Å². The number of hydrogen-bond donors (Lipinski definition) is 0. The molecule has 21 heavy (non-hydrogen) atoms. The van der Waals surface area contributed by atoms with Crippen LogP contribution in [0.15, 0.2) is 84.0 Å². The molecule has 0 aliphatic heterocycles. The van der Waals surface area contributed by atoms with Crippen LogP contribution in [0, 0.1) is 0 Å². The van der Waals surface area contributed by atoms with Crippen molar-refractivity contribution >= 4 is 0 Å². The summed E-state index contributed by atoms with van der Waals surface area (Å²) in [4.78, 5) is 0. The highest BCUT2D eigenvalue weighted by atomic mass is 14.2. The fourth-order valence-electron chi connectivity index (χ4n) is 3.09. The molecule has 0 N–H and O–H groups in total. The summed E-state index contributed by atoms with van der Waals surface area (Å²) in [7, 11) is 0. The van der Waals surface area contributed by atoms with Crippen molar-refractivity contribution in [2.24, 2.45) is 0 Å². The van der Waals surface area contributed by atoms with Gasteiger partial charge >= 0.3 is 0 Å². The normalized spacial score (nSPS) is 15.5. The molecule has 3 rings (SSSR count). The molecule has 1 unspecified atom stereocenters. The van der Waals surface area contributed by atoms with Gasteiger partial charge in [0.05, 0.1) is 0 Å². The number of rotatable bonds is 5. The molecular formula is C21H22. The van der Waals surface area contributed by atoms with Crippen LogP contribution in [0.3, 0.4) is 0 Å². The Hall–Kier alpha value is -2.08. The van der Waals surface area contributed by atoms with Gasteiger partial charge in [0.1, 0.15) is 0 Å². The molecular weight excluding hydrogens is 252 g/mol. The SMILES string of the molecule is CCC1=CCC(C(Cc2ccccc2)c2ccccc2)=C1. The average molecular weight is 274 g/mol. The first-order valence-electron chi connectivity index (χ1n) is 7.85. The Bertz CT molecular complexity index is 632. The Kier molecular flexibility index (Phi) is 4.35. The molecule has 0 nitrogen and oxygen atoms in total. The van der Waals surface area contributed by atoms with E-state index < -0.39 is 0 Å². The van der Waals surface area contributed by atoms with E-state index in [0.717, 1.165) is 19.3 Å². The van der Waals surface area contributed by atoms with E-state index in [2.05, 4.69) is 79.7 Å². The number of allylic oxidation sites excluding steroid dienone is 4. The van der Waals surface area contributed by atoms with Gasteiger partial charge in [0.25, 0.3) is 0 Å². The molecule has 0 aromatic heterocycles. The molecule has 0 heterocycles. The van der Waals surface area contributed by atoms with Crippen molar-refractivity contribution in [2.45, 2.75) is 32.1 Å². The Balaban J connectivity index is 1.89. The van der Waals surface area contributed by atoms with E-state index in [1.54, 1.807) is 5.57 Å². The molecule has 0 amide bonds. The fraction of sp³-hybridized carbons (Fsp3) is 0.238. The van der Waals surface area contributed by atoms with Crippen LogP contribution in [0.25, 0.3) is 0 Å². The Morgan fingerprint density at radius 2 is 1.57 bits per heavy atom. The van der Waals surface area contributed by atoms with Gasteiger partial charge in [0.2, 0.25) is 0 Å². The molecule has 2 aromatic rings. The van der Waals surface area contributed by atoms with Crippen LogP contribution in [0.4, 0.5) is 0 Å². The third-order valence-electron chi connectivity index (χ3n) is 4.31. The molecule has 1 aliphatic rings. The van der Waals surface area contributed by atoms with Crippen molar-refractivity contribution in [2.75, 3.05) is 0 Å². The fourth-order valence-corrected chi connectivity index (χ4v) is 3.09. The molecule has 0 radical (unpaired) electrons. The van der Waals surface area contributed by atoms with E-state index in [1.807, 2.05) is 0 Å². The second kappa shape index (κ2) is 6.58. The van der Waals surface area contributed by atoms with Crippen LogP contribution in [0.1, 0.15) is 36.8 Å². The summed E-state index contributed by atoms with van der Waals surface area (Å²) in [6, 6.07) is 21.8. The summed E-state index contributed by atoms with van der Waals surface area (Å²) in [6.45, 7) is 2.24. The van der Waals surface area contributed by atoms with Gasteiger partial charge in [-0.2, -0.15) is 0 Å². The lowest BCUT2D eigenvalue weighted by Gasteiger charge is -2.19. The zero-order chi connectivity index (χ0) is 14.5. The largest absolute Gasteiger partial charge is 0.0772 e. The smallest absolute Gasteiger partial charge is 0.00948 e. The molecule has 2 aromatic carbocycles. The first-order chi connectivity index (χ1) is 10.4. The van der Waals surface area contributed by atoms with E-state index >= 15 is 0 Å². The quantitative estimate of drug-likeness (QED) is 0.658. The number of hydrogen-bond acceptors (Lipinski definition) is 0. The highest BCUT2D eigenvalue weighted by Gasteiger charge is 2.19. The number of benzene rings is 2. The van der Waals surface area contributed by atoms with Crippen molar-refractivity contribution in [3.8, 4) is 0 Å². The van der Waals surface area contributed by atoms with E-state index in [9.17, 15) is 0 Å². The van der Waals surface area contributed by atoms with Crippen LogP contribution >= 0.6 is 0 Å². The van der Waals surface area contributed by atoms with Gasteiger partial charge in [-0.3, -0.25) is 0 Å². The summed E-state index contributed by atoms with van der Waals surface area (Å²) in [6.07, 6.45) is 8.13. The Morgan fingerprint density at radius 3 is 2.19 bits per heavy atom. The molecule has 106 valence electrons. The summed E-state index contributed by atoms with van der Waals surface area (Å²) in [5.74, 6) is 0.494. The molecule has 0 saturated carbocycles. The second-order valence-corrected chi connectivity index (χ2v) is 5.71. The minimum absolute atomic E-state index is 0.494. The van der Waals surface area contributed by atoms with Crippen molar-refractivity contribution in [3.05, 3.63) is 95.1 Å². The average Bonchev–Trinajstić information content (AvgIpc) is 3.03. The van der Waals surface area contributed by atoms with Crippen molar-refractivity contribution in [1.29, 1.82) is 0 Å². The van der Waals surface area contributed by atoms with E-state index in [0.29, 0.717) is 5.92 Å². The lowest BCUT2D eigenvalue weighted by Crippen LogP contribution is -2.05. The maximum absolute atomic E-state index is 2.42. The zero-order valence-corrected chi connectivity index (χ0v) is 12.6. The summed E-state index contributed by atoms with van der Waals surface area (Å²) in [5.41, 5.74) is 5.89. The molecule has 0 spiro atoms. The van der Waals surface area contributed by atoms with Crippen LogP contribution < -0.4 is 0 Å². The van der Waals surface area contributed by atoms with Crippen LogP contribution in [-0.2, 0) is 6.42 Å². The third kappa shape index (κ3) is 3.33. The molecule has 0 bridgehead atoms. The Morgan fingerprint density at radius 1 is 0.905 bits per heavy atom. The Labute approximate surface area is 127 Å². The summed E-state index contributed by atoms with van der Waals surface area (Å²) in [5, 5.41) is 0. The monoisotopic (exact) mass is 274 g/mol. The maximum Gasteiger partial charge on any atom is 0.00948 e. The highest BCUT2D eigenvalue weighted by Crippen LogP contribution is 2.35. The zero-order valence-electron chi connectivity index (χ0n) is 12.6. The van der Waals surface area contributed by atoms with Gasteiger partial charge in [0.15, 0.2) is 0 Å². The van der Waals surface area contributed by atoms with Crippen LogP contribution in [-0.4, -0.2) is 0 Å². The molecule has 0 fully saturated rings.